The van der Waals surface area contributed by atoms with E-state index in [0.29, 0.717) is 32.8 Å². The van der Waals surface area contributed by atoms with E-state index >= 15 is 0 Å². The summed E-state index contributed by atoms with van der Waals surface area (Å²) in [6, 6.07) is 7.79. The first kappa shape index (κ1) is 15.0. The van der Waals surface area contributed by atoms with E-state index in [-0.39, 0.29) is 12.5 Å². The van der Waals surface area contributed by atoms with Gasteiger partial charge in [0, 0.05) is 19.6 Å². The average molecular weight is 278 g/mol. The summed E-state index contributed by atoms with van der Waals surface area (Å²) in [6.07, 6.45) is 0. The van der Waals surface area contributed by atoms with Gasteiger partial charge in [0.2, 0.25) is 5.91 Å². The molecule has 1 aromatic rings. The van der Waals surface area contributed by atoms with Crippen LogP contribution in [0.5, 0.6) is 0 Å². The van der Waals surface area contributed by atoms with Gasteiger partial charge in [-0.1, -0.05) is 24.3 Å². The summed E-state index contributed by atoms with van der Waals surface area (Å²) in [4.78, 5) is 16.0. The van der Waals surface area contributed by atoms with Gasteiger partial charge in [0.05, 0.1) is 26.4 Å². The Labute approximate surface area is 119 Å². The molecule has 0 atom stereocenters. The second kappa shape index (κ2) is 7.38. The summed E-state index contributed by atoms with van der Waals surface area (Å²) in [5.41, 5.74) is 2.04. The highest BCUT2D eigenvalue weighted by Gasteiger charge is 2.18. The van der Waals surface area contributed by atoms with Crippen LogP contribution in [0, 0.1) is 0 Å². The Morgan fingerprint density at radius 1 is 1.25 bits per heavy atom. The van der Waals surface area contributed by atoms with Crippen LogP contribution in [0.4, 0.5) is 0 Å². The summed E-state index contributed by atoms with van der Waals surface area (Å²) in [6.45, 7) is 3.86. The van der Waals surface area contributed by atoms with Crippen molar-refractivity contribution in [3.05, 3.63) is 35.4 Å². The van der Waals surface area contributed by atoms with Crippen molar-refractivity contribution in [3.8, 4) is 0 Å². The highest BCUT2D eigenvalue weighted by Crippen LogP contribution is 2.07. The number of nitrogens with zero attached hydrogens (tertiary/aromatic N) is 2. The minimum atomic E-state index is 0.0611. The third-order valence-electron chi connectivity index (χ3n) is 3.43. The molecule has 0 unspecified atom stereocenters. The second-order valence-corrected chi connectivity index (χ2v) is 5.14. The van der Waals surface area contributed by atoms with Gasteiger partial charge in [-0.25, -0.2) is 0 Å². The van der Waals surface area contributed by atoms with E-state index in [1.807, 2.05) is 41.1 Å². The zero-order valence-electron chi connectivity index (χ0n) is 11.9. The maximum Gasteiger partial charge on any atom is 0.236 e. The largest absolute Gasteiger partial charge is 0.392 e. The van der Waals surface area contributed by atoms with Gasteiger partial charge in [-0.05, 0) is 18.2 Å². The van der Waals surface area contributed by atoms with Gasteiger partial charge >= 0.3 is 0 Å². The van der Waals surface area contributed by atoms with Gasteiger partial charge in [-0.15, -0.1) is 0 Å². The number of benzene rings is 1. The van der Waals surface area contributed by atoms with Gasteiger partial charge in [-0.3, -0.25) is 9.69 Å². The summed E-state index contributed by atoms with van der Waals surface area (Å²) in [5, 5.41) is 9.00. The van der Waals surface area contributed by atoms with Crippen LogP contribution in [0.1, 0.15) is 11.1 Å². The molecule has 1 heterocycles. The predicted molar refractivity (Wildman–Crippen MR) is 76.1 cm³/mol. The van der Waals surface area contributed by atoms with Crippen molar-refractivity contribution in [1.82, 2.24) is 9.80 Å². The van der Waals surface area contributed by atoms with Crippen molar-refractivity contribution in [2.75, 3.05) is 39.9 Å². The zero-order valence-corrected chi connectivity index (χ0v) is 11.9. The number of hydrogen-bond acceptors (Lipinski definition) is 4. The van der Waals surface area contributed by atoms with Crippen molar-refractivity contribution in [2.24, 2.45) is 0 Å². The van der Waals surface area contributed by atoms with Crippen molar-refractivity contribution < 1.29 is 14.6 Å². The third kappa shape index (κ3) is 4.30. The monoisotopic (exact) mass is 278 g/mol. The number of aliphatic hydroxyl groups is 1. The van der Waals surface area contributed by atoms with Crippen LogP contribution in [0.3, 0.4) is 0 Å². The summed E-state index contributed by atoms with van der Waals surface area (Å²) >= 11 is 0. The molecule has 110 valence electrons. The Bertz CT molecular complexity index is 427. The minimum Gasteiger partial charge on any atom is -0.392 e. The molecule has 20 heavy (non-hydrogen) atoms. The Morgan fingerprint density at radius 2 is 1.85 bits per heavy atom. The number of ether oxygens (including phenoxy) is 1. The molecule has 5 heteroatoms. The molecule has 2 rings (SSSR count). The number of carbonyl (C=O) groups excluding carboxylic acids is 1. The molecule has 1 aromatic carbocycles. The molecule has 1 N–H and O–H groups in total. The summed E-state index contributed by atoms with van der Waals surface area (Å²) in [7, 11) is 1.94. The number of carbonyl (C=O) groups is 1. The predicted octanol–water partition coefficient (Wildman–Crippen LogP) is 0.470. The van der Waals surface area contributed by atoms with Crippen molar-refractivity contribution in [2.45, 2.75) is 13.2 Å². The second-order valence-electron chi connectivity index (χ2n) is 5.14. The van der Waals surface area contributed by atoms with Gasteiger partial charge in [0.1, 0.15) is 0 Å². The van der Waals surface area contributed by atoms with E-state index in [1.165, 1.54) is 0 Å². The number of rotatable bonds is 5. The van der Waals surface area contributed by atoms with E-state index in [1.54, 1.807) is 0 Å². The molecule has 0 aromatic heterocycles. The zero-order chi connectivity index (χ0) is 14.4. The number of amides is 1. The van der Waals surface area contributed by atoms with Crippen molar-refractivity contribution >= 4 is 5.91 Å². The normalized spacial score (nSPS) is 15.7. The highest BCUT2D eigenvalue weighted by atomic mass is 16.5. The minimum absolute atomic E-state index is 0.0611. The van der Waals surface area contributed by atoms with Crippen molar-refractivity contribution in [3.63, 3.8) is 0 Å². The molecule has 1 aliphatic heterocycles. The SMILES string of the molecule is CN(CC(=O)N1CCOCC1)Cc1ccc(CO)cc1. The van der Waals surface area contributed by atoms with E-state index in [9.17, 15) is 4.79 Å². The van der Waals surface area contributed by atoms with Crippen molar-refractivity contribution in [1.29, 1.82) is 0 Å². The molecule has 1 amide bonds. The molecule has 0 bridgehead atoms. The molecular weight excluding hydrogens is 256 g/mol. The molecule has 0 aliphatic carbocycles. The topological polar surface area (TPSA) is 53.0 Å². The molecule has 0 radical (unpaired) electrons. The van der Waals surface area contributed by atoms with E-state index < -0.39 is 0 Å². The third-order valence-corrected chi connectivity index (χ3v) is 3.43. The molecule has 5 nitrogen and oxygen atoms in total. The van der Waals surface area contributed by atoms with Crippen LogP contribution in [-0.4, -0.2) is 60.7 Å². The van der Waals surface area contributed by atoms with Crippen LogP contribution in [0.15, 0.2) is 24.3 Å². The molecule has 1 fully saturated rings. The smallest absolute Gasteiger partial charge is 0.236 e. The first-order valence-corrected chi connectivity index (χ1v) is 6.92. The number of morpholine rings is 1. The Balaban J connectivity index is 1.81. The first-order chi connectivity index (χ1) is 9.69. The van der Waals surface area contributed by atoms with E-state index in [0.717, 1.165) is 17.7 Å². The van der Waals surface area contributed by atoms with E-state index in [4.69, 9.17) is 9.84 Å². The fourth-order valence-electron chi connectivity index (χ4n) is 2.26. The molecule has 0 spiro atoms. The van der Waals surface area contributed by atoms with Gasteiger partial charge in [0.25, 0.3) is 0 Å². The summed E-state index contributed by atoms with van der Waals surface area (Å²) in [5.74, 6) is 0.155. The summed E-state index contributed by atoms with van der Waals surface area (Å²) < 4.78 is 5.24. The van der Waals surface area contributed by atoms with Crippen LogP contribution >= 0.6 is 0 Å². The fraction of sp³-hybridized carbons (Fsp3) is 0.533. The molecule has 1 aliphatic rings. The van der Waals surface area contributed by atoms with Gasteiger partial charge in [-0.2, -0.15) is 0 Å². The molecular formula is C15H22N2O3. The lowest BCUT2D eigenvalue weighted by Gasteiger charge is -2.28. The number of hydrogen-bond donors (Lipinski definition) is 1. The quantitative estimate of drug-likeness (QED) is 0.850. The van der Waals surface area contributed by atoms with Crippen LogP contribution in [-0.2, 0) is 22.7 Å². The fourth-order valence-corrected chi connectivity index (χ4v) is 2.26. The molecule has 1 saturated heterocycles. The number of likely N-dealkylation sites (N-methyl/N-ethyl adjacent to an activating group) is 1. The lowest BCUT2D eigenvalue weighted by atomic mass is 10.1. The Morgan fingerprint density at radius 3 is 2.45 bits per heavy atom. The highest BCUT2D eigenvalue weighted by molar-refractivity contribution is 5.78. The maximum atomic E-state index is 12.1. The Hall–Kier alpha value is -1.43. The lowest BCUT2D eigenvalue weighted by molar-refractivity contribution is -0.136. The van der Waals surface area contributed by atoms with E-state index in [2.05, 4.69) is 0 Å². The van der Waals surface area contributed by atoms with Gasteiger partial charge < -0.3 is 14.7 Å². The van der Waals surface area contributed by atoms with Crippen LogP contribution in [0.2, 0.25) is 0 Å². The standard InChI is InChI=1S/C15H22N2O3/c1-16(10-13-2-4-14(12-18)5-3-13)11-15(19)17-6-8-20-9-7-17/h2-5,18H,6-12H2,1H3. The van der Waals surface area contributed by atoms with Crippen LogP contribution in [0.25, 0.3) is 0 Å². The maximum absolute atomic E-state index is 12.1. The average Bonchev–Trinajstić information content (AvgIpc) is 2.49. The van der Waals surface area contributed by atoms with Gasteiger partial charge in [0.15, 0.2) is 0 Å². The molecule has 0 saturated carbocycles. The number of aliphatic hydroxyl groups excluding tert-OH is 1. The first-order valence-electron chi connectivity index (χ1n) is 6.92. The lowest BCUT2D eigenvalue weighted by Crippen LogP contribution is -2.44. The Kier molecular flexibility index (Phi) is 5.52. The van der Waals surface area contributed by atoms with Crippen LogP contribution < -0.4 is 0 Å².